The van der Waals surface area contributed by atoms with Gasteiger partial charge in [0.25, 0.3) is 5.56 Å². The number of aliphatic hydroxyl groups is 1. The van der Waals surface area contributed by atoms with Gasteiger partial charge in [-0.15, -0.1) is 12.4 Å². The number of aromatic nitrogens is 2. The molecule has 0 saturated carbocycles. The van der Waals surface area contributed by atoms with Crippen LogP contribution in [0.25, 0.3) is 22.3 Å². The van der Waals surface area contributed by atoms with Crippen LogP contribution < -0.4 is 10.3 Å². The summed E-state index contributed by atoms with van der Waals surface area (Å²) in [5.74, 6) is -0.266. The molecule has 0 unspecified atom stereocenters. The molecule has 11 heteroatoms. The number of halogens is 1. The van der Waals surface area contributed by atoms with Crippen LogP contribution in [0.4, 0.5) is 4.79 Å². The van der Waals surface area contributed by atoms with Crippen LogP contribution in [-0.2, 0) is 34.7 Å². The quantitative estimate of drug-likeness (QED) is 0.331. The highest BCUT2D eigenvalue weighted by atomic mass is 35.5. The van der Waals surface area contributed by atoms with Crippen LogP contribution in [0.15, 0.2) is 29.1 Å². The third-order valence-electron chi connectivity index (χ3n) is 9.97. The van der Waals surface area contributed by atoms with Crippen LogP contribution in [0.3, 0.4) is 0 Å². The molecule has 0 bridgehead atoms. The van der Waals surface area contributed by atoms with Gasteiger partial charge in [0.15, 0.2) is 5.60 Å². The van der Waals surface area contributed by atoms with E-state index in [1.165, 1.54) is 32.4 Å². The Morgan fingerprint density at radius 1 is 1.07 bits per heavy atom. The normalized spacial score (nSPS) is 21.7. The number of fused-ring (bicyclic) bond motifs is 5. The molecule has 0 spiro atoms. The van der Waals surface area contributed by atoms with Crippen molar-refractivity contribution < 1.29 is 24.2 Å². The van der Waals surface area contributed by atoms with Gasteiger partial charge in [-0.1, -0.05) is 20.3 Å². The number of piperidine rings is 2. The summed E-state index contributed by atoms with van der Waals surface area (Å²) in [5.41, 5.74) is 2.38. The predicted octanol–water partition coefficient (Wildman–Crippen LogP) is 4.51. The van der Waals surface area contributed by atoms with Gasteiger partial charge in [0.05, 0.1) is 29.0 Å². The highest BCUT2D eigenvalue weighted by Gasteiger charge is 2.45. The Kier molecular flexibility index (Phi) is 8.19. The zero-order chi connectivity index (χ0) is 29.9. The summed E-state index contributed by atoms with van der Waals surface area (Å²) >= 11 is 0. The first kappa shape index (κ1) is 30.6. The maximum Gasteiger partial charge on any atom is 0.415 e. The number of hydrogen-bond donors (Lipinski definition) is 1. The zero-order valence-electron chi connectivity index (χ0n) is 25.3. The van der Waals surface area contributed by atoms with Gasteiger partial charge in [-0.2, -0.15) is 0 Å². The van der Waals surface area contributed by atoms with Gasteiger partial charge in [-0.05, 0) is 81.4 Å². The molecule has 2 fully saturated rings. The fourth-order valence-electron chi connectivity index (χ4n) is 7.47. The van der Waals surface area contributed by atoms with Crippen molar-refractivity contribution in [1.29, 1.82) is 0 Å². The predicted molar refractivity (Wildman–Crippen MR) is 167 cm³/mol. The molecule has 10 nitrogen and oxygen atoms in total. The zero-order valence-corrected chi connectivity index (χ0v) is 26.1. The van der Waals surface area contributed by atoms with Gasteiger partial charge in [0.1, 0.15) is 12.4 Å². The van der Waals surface area contributed by atoms with Gasteiger partial charge in [0, 0.05) is 35.6 Å². The Balaban J connectivity index is 0.00000343. The fraction of sp³-hybridized carbons (Fsp3) is 0.515. The van der Waals surface area contributed by atoms with Gasteiger partial charge in [-0.3, -0.25) is 4.79 Å². The van der Waals surface area contributed by atoms with E-state index in [1.807, 2.05) is 17.0 Å². The minimum atomic E-state index is -1.86. The summed E-state index contributed by atoms with van der Waals surface area (Å²) in [6, 6.07) is 7.77. The molecule has 0 aliphatic carbocycles. The lowest BCUT2D eigenvalue weighted by Crippen LogP contribution is -2.48. The van der Waals surface area contributed by atoms with Crippen molar-refractivity contribution in [3.8, 4) is 17.1 Å². The van der Waals surface area contributed by atoms with Crippen LogP contribution in [0.2, 0.25) is 0 Å². The minimum absolute atomic E-state index is 0. The van der Waals surface area contributed by atoms with Gasteiger partial charge >= 0.3 is 12.1 Å². The number of carbonyl (C=O) groups is 2. The van der Waals surface area contributed by atoms with E-state index in [2.05, 4.69) is 11.8 Å². The van der Waals surface area contributed by atoms with Gasteiger partial charge < -0.3 is 28.9 Å². The number of benzene rings is 1. The maximum atomic E-state index is 13.6. The van der Waals surface area contributed by atoms with E-state index in [0.29, 0.717) is 60.4 Å². The van der Waals surface area contributed by atoms with E-state index < -0.39 is 11.6 Å². The van der Waals surface area contributed by atoms with E-state index in [4.69, 9.17) is 14.5 Å². The van der Waals surface area contributed by atoms with Crippen molar-refractivity contribution in [2.24, 2.45) is 0 Å². The average molecular weight is 623 g/mol. The first-order valence-electron chi connectivity index (χ1n) is 15.7. The molecule has 2 saturated heterocycles. The number of amides is 1. The van der Waals surface area contributed by atoms with Crippen LogP contribution in [0.1, 0.15) is 74.6 Å². The molecule has 7 rings (SSSR count). The number of hydrogen-bond acceptors (Lipinski definition) is 8. The average Bonchev–Trinajstić information content (AvgIpc) is 3.41. The molecule has 4 aliphatic rings. The van der Waals surface area contributed by atoms with E-state index >= 15 is 0 Å². The number of rotatable bonds is 4. The number of likely N-dealkylation sites (tertiary alicyclic amines) is 2. The van der Waals surface area contributed by atoms with Crippen LogP contribution in [0, 0.1) is 0 Å². The minimum Gasteiger partial charge on any atom is -0.458 e. The molecule has 0 radical (unpaired) electrons. The van der Waals surface area contributed by atoms with Gasteiger partial charge in [0.2, 0.25) is 0 Å². The second-order valence-corrected chi connectivity index (χ2v) is 12.2. The Morgan fingerprint density at radius 3 is 2.52 bits per heavy atom. The van der Waals surface area contributed by atoms with Crippen molar-refractivity contribution in [3.63, 3.8) is 0 Å². The third kappa shape index (κ3) is 4.87. The molecule has 3 aromatic rings. The molecule has 1 atom stereocenters. The van der Waals surface area contributed by atoms with Crippen LogP contribution >= 0.6 is 12.4 Å². The summed E-state index contributed by atoms with van der Waals surface area (Å²) in [5, 5.41) is 12.0. The molecule has 1 amide bonds. The standard InChI is InChI=1S/C33H38N4O6.ClH/c1-3-22-23-16-21(43-32(40)36-14-10-20(11-15-36)35-12-6-5-7-13-35)8-9-27(23)34-29-24(22)18-37-28(29)17-26-25(30(37)38)19-42-31(39)33(26,41)4-2;/h8-9,16-17,20,41H,3-7,10-15,18-19H2,1-2H3;1H/t33-;/m1./s1. The second kappa shape index (κ2) is 11.8. The van der Waals surface area contributed by atoms with E-state index in [9.17, 15) is 19.5 Å². The van der Waals surface area contributed by atoms with E-state index in [0.717, 1.165) is 34.9 Å². The SMILES string of the molecule is CCc1c2c(nc3ccc(OC(=O)N4CCC(N5CCCCC5)CC4)cc13)-c1cc3c(c(=O)n1C2)COC(=O)[C@@]3(O)CC.Cl. The maximum absolute atomic E-state index is 13.6. The number of carbonyl (C=O) groups excluding carboxylic acids is 2. The number of ether oxygens (including phenoxy) is 2. The largest absolute Gasteiger partial charge is 0.458 e. The molecule has 1 aromatic carbocycles. The number of aryl methyl sites for hydroxylation is 1. The lowest BCUT2D eigenvalue weighted by molar-refractivity contribution is -0.172. The number of nitrogens with zero attached hydrogens (tertiary/aromatic N) is 4. The number of esters is 1. The van der Waals surface area contributed by atoms with Crippen molar-refractivity contribution in [2.75, 3.05) is 26.2 Å². The third-order valence-corrected chi connectivity index (χ3v) is 9.97. The molecule has 44 heavy (non-hydrogen) atoms. The lowest BCUT2D eigenvalue weighted by atomic mass is 9.86. The molecular weight excluding hydrogens is 584 g/mol. The van der Waals surface area contributed by atoms with Crippen molar-refractivity contribution >= 4 is 35.4 Å². The van der Waals surface area contributed by atoms with Crippen molar-refractivity contribution in [3.05, 3.63) is 56.9 Å². The summed E-state index contributed by atoms with van der Waals surface area (Å²) in [6.07, 6.45) is 6.26. The first-order chi connectivity index (χ1) is 20.8. The van der Waals surface area contributed by atoms with E-state index in [-0.39, 0.29) is 37.1 Å². The van der Waals surface area contributed by atoms with Crippen LogP contribution in [0.5, 0.6) is 5.75 Å². The first-order valence-corrected chi connectivity index (χ1v) is 15.7. The summed E-state index contributed by atoms with van der Waals surface area (Å²) < 4.78 is 12.7. The Bertz CT molecular complexity index is 1690. The van der Waals surface area contributed by atoms with Crippen molar-refractivity contribution in [1.82, 2.24) is 19.4 Å². The highest BCUT2D eigenvalue weighted by molar-refractivity contribution is 5.90. The Hall–Kier alpha value is -3.47. The molecule has 2 aromatic heterocycles. The monoisotopic (exact) mass is 622 g/mol. The Morgan fingerprint density at radius 2 is 1.82 bits per heavy atom. The summed E-state index contributed by atoms with van der Waals surface area (Å²) in [7, 11) is 0. The molecule has 6 heterocycles. The molecular formula is C33H39ClN4O6. The number of pyridine rings is 2. The molecule has 4 aliphatic heterocycles. The fourth-order valence-corrected chi connectivity index (χ4v) is 7.47. The van der Waals surface area contributed by atoms with Gasteiger partial charge in [-0.25, -0.2) is 14.6 Å². The number of cyclic esters (lactones) is 1. The lowest BCUT2D eigenvalue weighted by Gasteiger charge is -2.39. The Labute approximate surface area is 262 Å². The highest BCUT2D eigenvalue weighted by Crippen LogP contribution is 2.40. The second-order valence-electron chi connectivity index (χ2n) is 12.2. The topological polar surface area (TPSA) is 114 Å². The summed E-state index contributed by atoms with van der Waals surface area (Å²) in [4.78, 5) is 48.5. The smallest absolute Gasteiger partial charge is 0.415 e. The molecule has 1 N–H and O–H groups in total. The van der Waals surface area contributed by atoms with E-state index in [1.54, 1.807) is 23.6 Å². The summed E-state index contributed by atoms with van der Waals surface area (Å²) in [6.45, 7) is 7.65. The molecule has 234 valence electrons. The van der Waals surface area contributed by atoms with Crippen LogP contribution in [-0.4, -0.2) is 68.7 Å². The van der Waals surface area contributed by atoms with Crippen molar-refractivity contribution in [2.45, 2.75) is 83.6 Å².